The van der Waals surface area contributed by atoms with Crippen LogP contribution >= 0.6 is 11.5 Å². The monoisotopic (exact) mass is 245 g/mol. The number of sulfonamides is 1. The molecule has 0 aliphatic rings. The van der Waals surface area contributed by atoms with E-state index in [1.165, 1.54) is 12.4 Å². The highest BCUT2D eigenvalue weighted by molar-refractivity contribution is 7.92. The molecule has 7 nitrogen and oxygen atoms in total. The maximum atomic E-state index is 11.7. The number of aromatic nitrogens is 4. The molecule has 0 unspecified atom stereocenters. The topological polar surface area (TPSA) is 101 Å². The van der Waals surface area contributed by atoms with Crippen LogP contribution in [0, 0.1) is 6.92 Å². The maximum absolute atomic E-state index is 11.7. The van der Waals surface area contributed by atoms with Gasteiger partial charge in [-0.2, -0.15) is 8.42 Å². The van der Waals surface area contributed by atoms with Gasteiger partial charge in [-0.05, 0) is 6.92 Å². The number of aryl methyl sites for hydroxylation is 1. The van der Waals surface area contributed by atoms with Crippen LogP contribution in [0.15, 0.2) is 17.4 Å². The van der Waals surface area contributed by atoms with Crippen molar-refractivity contribution in [3.05, 3.63) is 18.2 Å². The fourth-order valence-electron chi connectivity index (χ4n) is 0.934. The zero-order valence-electron chi connectivity index (χ0n) is 7.63. The summed E-state index contributed by atoms with van der Waals surface area (Å²) in [6, 6.07) is 0. The smallest absolute Gasteiger partial charge is 0.279 e. The SMILES string of the molecule is Cc1ncc(S(=O)(=O)Nc2cnns2)[nH]1. The fourth-order valence-corrected chi connectivity index (χ4v) is 2.59. The second-order valence-electron chi connectivity index (χ2n) is 2.72. The number of hydrogen-bond donors (Lipinski definition) is 2. The molecule has 15 heavy (non-hydrogen) atoms. The Bertz CT molecular complexity index is 544. The van der Waals surface area contributed by atoms with Gasteiger partial charge in [-0.1, -0.05) is 4.49 Å². The van der Waals surface area contributed by atoms with E-state index in [0.29, 0.717) is 10.8 Å². The molecule has 80 valence electrons. The average molecular weight is 245 g/mol. The van der Waals surface area contributed by atoms with Crippen LogP contribution in [0.1, 0.15) is 5.82 Å². The summed E-state index contributed by atoms with van der Waals surface area (Å²) in [6.07, 6.45) is 2.59. The Labute approximate surface area is 89.8 Å². The van der Waals surface area contributed by atoms with Gasteiger partial charge in [0.25, 0.3) is 10.0 Å². The van der Waals surface area contributed by atoms with E-state index in [1.54, 1.807) is 6.92 Å². The van der Waals surface area contributed by atoms with E-state index < -0.39 is 10.0 Å². The molecule has 2 rings (SSSR count). The van der Waals surface area contributed by atoms with Gasteiger partial charge in [-0.3, -0.25) is 4.72 Å². The van der Waals surface area contributed by atoms with E-state index in [0.717, 1.165) is 11.5 Å². The summed E-state index contributed by atoms with van der Waals surface area (Å²) in [5.41, 5.74) is 0. The van der Waals surface area contributed by atoms with Crippen LogP contribution in [0.4, 0.5) is 5.00 Å². The highest BCUT2D eigenvalue weighted by Crippen LogP contribution is 2.15. The Morgan fingerprint density at radius 2 is 2.27 bits per heavy atom. The van der Waals surface area contributed by atoms with Gasteiger partial charge in [0, 0.05) is 11.5 Å². The predicted octanol–water partition coefficient (Wildman–Crippen LogP) is 0.370. The summed E-state index contributed by atoms with van der Waals surface area (Å²) in [5, 5.41) is 3.91. The van der Waals surface area contributed by atoms with Crippen LogP contribution in [-0.4, -0.2) is 28.0 Å². The predicted molar refractivity (Wildman–Crippen MR) is 54.0 cm³/mol. The van der Waals surface area contributed by atoms with Crippen molar-refractivity contribution in [3.8, 4) is 0 Å². The minimum atomic E-state index is -3.60. The largest absolute Gasteiger partial charge is 0.332 e. The Morgan fingerprint density at radius 1 is 1.47 bits per heavy atom. The zero-order chi connectivity index (χ0) is 10.9. The molecule has 2 N–H and O–H groups in total. The number of aromatic amines is 1. The Hall–Kier alpha value is -1.48. The van der Waals surface area contributed by atoms with Gasteiger partial charge in [0.05, 0.1) is 12.4 Å². The molecule has 2 aromatic heterocycles. The van der Waals surface area contributed by atoms with Crippen LogP contribution in [0.3, 0.4) is 0 Å². The summed E-state index contributed by atoms with van der Waals surface area (Å²) in [7, 11) is -3.60. The van der Waals surface area contributed by atoms with Crippen molar-refractivity contribution in [1.82, 2.24) is 19.6 Å². The van der Waals surface area contributed by atoms with Crippen LogP contribution in [0.25, 0.3) is 0 Å². The lowest BCUT2D eigenvalue weighted by Gasteiger charge is -2.00. The third-order valence-corrected chi connectivity index (χ3v) is 3.55. The molecule has 0 fully saturated rings. The van der Waals surface area contributed by atoms with E-state index in [2.05, 4.69) is 24.3 Å². The molecule has 9 heteroatoms. The Kier molecular flexibility index (Phi) is 2.40. The normalized spacial score (nSPS) is 11.5. The highest BCUT2D eigenvalue weighted by atomic mass is 32.2. The molecular weight excluding hydrogens is 238 g/mol. The second-order valence-corrected chi connectivity index (χ2v) is 5.16. The lowest BCUT2D eigenvalue weighted by Crippen LogP contribution is -2.12. The van der Waals surface area contributed by atoms with Crippen molar-refractivity contribution in [3.63, 3.8) is 0 Å². The molecule has 0 amide bonds. The van der Waals surface area contributed by atoms with Gasteiger partial charge in [0.2, 0.25) is 0 Å². The molecule has 0 aliphatic carbocycles. The van der Waals surface area contributed by atoms with Crippen molar-refractivity contribution < 1.29 is 8.42 Å². The van der Waals surface area contributed by atoms with Gasteiger partial charge in [-0.25, -0.2) is 4.98 Å². The number of rotatable bonds is 3. The molecule has 0 atom stereocenters. The quantitative estimate of drug-likeness (QED) is 0.813. The van der Waals surface area contributed by atoms with Crippen molar-refractivity contribution in [2.45, 2.75) is 11.9 Å². The number of hydrogen-bond acceptors (Lipinski definition) is 6. The third-order valence-electron chi connectivity index (χ3n) is 1.57. The molecular formula is C6H7N5O2S2. The van der Waals surface area contributed by atoms with E-state index >= 15 is 0 Å². The van der Waals surface area contributed by atoms with Crippen molar-refractivity contribution >= 4 is 26.6 Å². The third kappa shape index (κ3) is 2.13. The molecule has 0 bridgehead atoms. The molecule has 0 aliphatic heterocycles. The summed E-state index contributed by atoms with van der Waals surface area (Å²) in [5.74, 6) is 0.540. The van der Waals surface area contributed by atoms with Crippen molar-refractivity contribution in [2.75, 3.05) is 4.72 Å². The van der Waals surface area contributed by atoms with E-state index in [-0.39, 0.29) is 5.03 Å². The number of nitrogens with one attached hydrogen (secondary N) is 2. The Morgan fingerprint density at radius 3 is 2.80 bits per heavy atom. The van der Waals surface area contributed by atoms with Gasteiger partial charge in [0.15, 0.2) is 5.03 Å². The van der Waals surface area contributed by atoms with Crippen LogP contribution in [0.5, 0.6) is 0 Å². The van der Waals surface area contributed by atoms with Gasteiger partial charge in [0.1, 0.15) is 10.8 Å². The molecule has 0 aromatic carbocycles. The molecule has 0 radical (unpaired) electrons. The van der Waals surface area contributed by atoms with Crippen LogP contribution < -0.4 is 4.72 Å². The Balaban J connectivity index is 2.28. The van der Waals surface area contributed by atoms with E-state index in [1.807, 2.05) is 0 Å². The number of imidazole rings is 1. The van der Waals surface area contributed by atoms with Crippen LogP contribution in [0.2, 0.25) is 0 Å². The molecule has 2 aromatic rings. The minimum absolute atomic E-state index is 0.0217. The van der Waals surface area contributed by atoms with E-state index in [4.69, 9.17) is 0 Å². The lowest BCUT2D eigenvalue weighted by molar-refractivity contribution is 0.598. The van der Waals surface area contributed by atoms with Gasteiger partial charge in [-0.15, -0.1) is 5.10 Å². The number of H-pyrrole nitrogens is 1. The fraction of sp³-hybridized carbons (Fsp3) is 0.167. The first kappa shape index (κ1) is 10.1. The minimum Gasteiger partial charge on any atom is -0.332 e. The van der Waals surface area contributed by atoms with Crippen molar-refractivity contribution in [2.24, 2.45) is 0 Å². The molecule has 0 spiro atoms. The lowest BCUT2D eigenvalue weighted by atomic mass is 10.8. The van der Waals surface area contributed by atoms with Crippen molar-refractivity contribution in [1.29, 1.82) is 0 Å². The summed E-state index contributed by atoms with van der Waals surface area (Å²) < 4.78 is 29.2. The maximum Gasteiger partial charge on any atom is 0.279 e. The summed E-state index contributed by atoms with van der Waals surface area (Å²) >= 11 is 0.966. The molecule has 0 saturated carbocycles. The molecule has 2 heterocycles. The average Bonchev–Trinajstić information content (AvgIpc) is 2.75. The van der Waals surface area contributed by atoms with Gasteiger partial charge < -0.3 is 4.98 Å². The first-order valence-electron chi connectivity index (χ1n) is 3.90. The zero-order valence-corrected chi connectivity index (χ0v) is 9.26. The summed E-state index contributed by atoms with van der Waals surface area (Å²) in [4.78, 5) is 6.44. The van der Waals surface area contributed by atoms with Crippen LogP contribution in [-0.2, 0) is 10.0 Å². The second kappa shape index (κ2) is 3.59. The molecule has 0 saturated heterocycles. The van der Waals surface area contributed by atoms with E-state index in [9.17, 15) is 8.42 Å². The number of nitrogens with zero attached hydrogens (tertiary/aromatic N) is 3. The first-order valence-corrected chi connectivity index (χ1v) is 6.15. The highest BCUT2D eigenvalue weighted by Gasteiger charge is 2.17. The first-order chi connectivity index (χ1) is 7.08. The standard InChI is InChI=1S/C6H7N5O2S2/c1-4-7-3-6(9-4)15(12,13)10-5-2-8-11-14-5/h2-3,10H,1H3,(H,7,9). The van der Waals surface area contributed by atoms with Gasteiger partial charge >= 0.3 is 0 Å². The summed E-state index contributed by atoms with van der Waals surface area (Å²) in [6.45, 7) is 1.67. The number of anilines is 1.